The van der Waals surface area contributed by atoms with Crippen molar-refractivity contribution in [3.05, 3.63) is 52.0 Å². The van der Waals surface area contributed by atoms with Gasteiger partial charge in [-0.2, -0.15) is 0 Å². The zero-order chi connectivity index (χ0) is 17.0. The summed E-state index contributed by atoms with van der Waals surface area (Å²) in [5, 5.41) is 5.16. The third kappa shape index (κ3) is 4.32. The molecule has 2 amide bonds. The number of carbonyl (C=O) groups is 2. The van der Waals surface area contributed by atoms with E-state index in [4.69, 9.17) is 4.74 Å². The normalized spacial score (nSPS) is 10.1. The van der Waals surface area contributed by atoms with Crippen LogP contribution in [0, 0.1) is 13.8 Å². The summed E-state index contributed by atoms with van der Waals surface area (Å²) in [4.78, 5) is 24.1. The van der Waals surface area contributed by atoms with Gasteiger partial charge >= 0.3 is 11.8 Å². The molecule has 0 aromatic heterocycles. The predicted octanol–water partition coefficient (Wildman–Crippen LogP) is 3.65. The number of aryl methyl sites for hydroxylation is 2. The van der Waals surface area contributed by atoms with E-state index in [0.29, 0.717) is 17.1 Å². The largest absolute Gasteiger partial charge is 0.495 e. The van der Waals surface area contributed by atoms with Gasteiger partial charge in [-0.3, -0.25) is 9.59 Å². The SMILES string of the molecule is COc1ccc(C)cc1NC(=O)C(=O)Nc1ccc(Br)cc1C. The van der Waals surface area contributed by atoms with Crippen LogP contribution in [0.2, 0.25) is 0 Å². The van der Waals surface area contributed by atoms with Crippen molar-refractivity contribution in [3.8, 4) is 5.75 Å². The number of nitrogens with one attached hydrogen (secondary N) is 2. The molecule has 0 saturated heterocycles. The number of anilines is 2. The summed E-state index contributed by atoms with van der Waals surface area (Å²) >= 11 is 3.35. The zero-order valence-electron chi connectivity index (χ0n) is 13.1. The Bertz CT molecular complexity index is 759. The number of benzene rings is 2. The minimum atomic E-state index is -0.754. The van der Waals surface area contributed by atoms with E-state index < -0.39 is 11.8 Å². The van der Waals surface area contributed by atoms with Crippen LogP contribution in [0.5, 0.6) is 5.75 Å². The second-order valence-electron chi connectivity index (χ2n) is 5.07. The lowest BCUT2D eigenvalue weighted by Crippen LogP contribution is -2.29. The molecule has 23 heavy (non-hydrogen) atoms. The minimum absolute atomic E-state index is 0.458. The lowest BCUT2D eigenvalue weighted by molar-refractivity contribution is -0.133. The first kappa shape index (κ1) is 17.0. The van der Waals surface area contributed by atoms with Crippen LogP contribution in [0.4, 0.5) is 11.4 Å². The Hall–Kier alpha value is -2.34. The Morgan fingerprint density at radius 1 is 0.957 bits per heavy atom. The number of rotatable bonds is 3. The summed E-state index contributed by atoms with van der Waals surface area (Å²) in [6, 6.07) is 10.7. The fourth-order valence-corrected chi connectivity index (χ4v) is 2.52. The van der Waals surface area contributed by atoms with Crippen LogP contribution in [-0.4, -0.2) is 18.9 Å². The molecule has 0 fully saturated rings. The first-order chi connectivity index (χ1) is 10.9. The van der Waals surface area contributed by atoms with Crippen molar-refractivity contribution in [1.29, 1.82) is 0 Å². The van der Waals surface area contributed by atoms with Gasteiger partial charge in [0.2, 0.25) is 0 Å². The van der Waals surface area contributed by atoms with Crippen LogP contribution in [0.1, 0.15) is 11.1 Å². The molecule has 0 heterocycles. The van der Waals surface area contributed by atoms with Gasteiger partial charge in [-0.1, -0.05) is 22.0 Å². The van der Waals surface area contributed by atoms with E-state index in [0.717, 1.165) is 15.6 Å². The topological polar surface area (TPSA) is 67.4 Å². The maximum Gasteiger partial charge on any atom is 0.314 e. The molecule has 0 aliphatic carbocycles. The summed E-state index contributed by atoms with van der Waals surface area (Å²) in [5.41, 5.74) is 2.85. The summed E-state index contributed by atoms with van der Waals surface area (Å²) in [6.07, 6.45) is 0. The highest BCUT2D eigenvalue weighted by Crippen LogP contribution is 2.25. The molecule has 0 saturated carbocycles. The van der Waals surface area contributed by atoms with Gasteiger partial charge in [-0.05, 0) is 55.3 Å². The van der Waals surface area contributed by atoms with Gasteiger partial charge in [-0.15, -0.1) is 0 Å². The second-order valence-corrected chi connectivity index (χ2v) is 5.99. The molecule has 120 valence electrons. The number of carbonyl (C=O) groups excluding carboxylic acids is 2. The Morgan fingerprint density at radius 3 is 2.22 bits per heavy atom. The number of hydrogen-bond acceptors (Lipinski definition) is 3. The molecule has 0 spiro atoms. The summed E-state index contributed by atoms with van der Waals surface area (Å²) < 4.78 is 6.08. The molecule has 6 heteroatoms. The van der Waals surface area contributed by atoms with E-state index in [1.54, 1.807) is 24.3 Å². The molecule has 2 aromatic rings. The predicted molar refractivity (Wildman–Crippen MR) is 93.9 cm³/mol. The van der Waals surface area contributed by atoms with Gasteiger partial charge in [-0.25, -0.2) is 0 Å². The molecule has 0 radical (unpaired) electrons. The second kappa shape index (κ2) is 7.28. The fraction of sp³-hybridized carbons (Fsp3) is 0.176. The maximum absolute atomic E-state index is 12.1. The number of hydrogen-bond donors (Lipinski definition) is 2. The zero-order valence-corrected chi connectivity index (χ0v) is 14.7. The first-order valence-electron chi connectivity index (χ1n) is 6.94. The number of methoxy groups -OCH3 is 1. The molecule has 2 rings (SSSR count). The fourth-order valence-electron chi connectivity index (χ4n) is 2.04. The van der Waals surface area contributed by atoms with Gasteiger partial charge in [0, 0.05) is 10.2 Å². The highest BCUT2D eigenvalue weighted by atomic mass is 79.9. The molecular weight excluding hydrogens is 360 g/mol. The minimum Gasteiger partial charge on any atom is -0.495 e. The van der Waals surface area contributed by atoms with Crippen molar-refractivity contribution < 1.29 is 14.3 Å². The Morgan fingerprint density at radius 2 is 1.61 bits per heavy atom. The van der Waals surface area contributed by atoms with Crippen molar-refractivity contribution in [2.45, 2.75) is 13.8 Å². The van der Waals surface area contributed by atoms with Crippen LogP contribution in [0.3, 0.4) is 0 Å². The lowest BCUT2D eigenvalue weighted by Gasteiger charge is -2.12. The van der Waals surface area contributed by atoms with Crippen LogP contribution in [-0.2, 0) is 9.59 Å². The van der Waals surface area contributed by atoms with Crippen molar-refractivity contribution in [2.75, 3.05) is 17.7 Å². The van der Waals surface area contributed by atoms with E-state index in [-0.39, 0.29) is 0 Å². The average Bonchev–Trinajstić information content (AvgIpc) is 2.50. The molecule has 2 N–H and O–H groups in total. The highest BCUT2D eigenvalue weighted by Gasteiger charge is 2.17. The first-order valence-corrected chi connectivity index (χ1v) is 7.73. The molecule has 0 bridgehead atoms. The monoisotopic (exact) mass is 376 g/mol. The number of ether oxygens (including phenoxy) is 1. The molecule has 0 unspecified atom stereocenters. The molecule has 2 aromatic carbocycles. The van der Waals surface area contributed by atoms with Gasteiger partial charge < -0.3 is 15.4 Å². The maximum atomic E-state index is 12.1. The van der Waals surface area contributed by atoms with E-state index in [1.165, 1.54) is 7.11 Å². The van der Waals surface area contributed by atoms with Crippen molar-refractivity contribution in [1.82, 2.24) is 0 Å². The molecule has 0 atom stereocenters. The van der Waals surface area contributed by atoms with Crippen molar-refractivity contribution in [2.24, 2.45) is 0 Å². The van der Waals surface area contributed by atoms with Crippen molar-refractivity contribution >= 4 is 39.1 Å². The quantitative estimate of drug-likeness (QED) is 0.803. The van der Waals surface area contributed by atoms with Crippen molar-refractivity contribution in [3.63, 3.8) is 0 Å². The Kier molecular flexibility index (Phi) is 5.39. The van der Waals surface area contributed by atoms with Gasteiger partial charge in [0.1, 0.15) is 5.75 Å². The van der Waals surface area contributed by atoms with E-state index in [9.17, 15) is 9.59 Å². The van der Waals surface area contributed by atoms with Gasteiger partial charge in [0.15, 0.2) is 0 Å². The molecule has 5 nitrogen and oxygen atoms in total. The third-order valence-corrected chi connectivity index (χ3v) is 3.74. The smallest absolute Gasteiger partial charge is 0.314 e. The molecular formula is C17H17BrN2O3. The number of amides is 2. The summed E-state index contributed by atoms with van der Waals surface area (Å²) in [6.45, 7) is 3.74. The summed E-state index contributed by atoms with van der Waals surface area (Å²) in [5.74, 6) is -0.994. The molecule has 0 aliphatic rings. The van der Waals surface area contributed by atoms with Gasteiger partial charge in [0.05, 0.1) is 12.8 Å². The van der Waals surface area contributed by atoms with E-state index in [2.05, 4.69) is 26.6 Å². The summed E-state index contributed by atoms with van der Waals surface area (Å²) in [7, 11) is 1.51. The Labute approximate surface area is 143 Å². The molecule has 0 aliphatic heterocycles. The number of halogens is 1. The highest BCUT2D eigenvalue weighted by molar-refractivity contribution is 9.10. The van der Waals surface area contributed by atoms with Crippen LogP contribution < -0.4 is 15.4 Å². The van der Waals surface area contributed by atoms with E-state index >= 15 is 0 Å². The standard InChI is InChI=1S/C17H17BrN2O3/c1-10-4-7-15(23-3)14(8-10)20-17(22)16(21)19-13-6-5-12(18)9-11(13)2/h4-9H,1-3H3,(H,19,21)(H,20,22). The van der Waals surface area contributed by atoms with Crippen LogP contribution in [0.15, 0.2) is 40.9 Å². The van der Waals surface area contributed by atoms with Crippen LogP contribution in [0.25, 0.3) is 0 Å². The van der Waals surface area contributed by atoms with Crippen LogP contribution >= 0.6 is 15.9 Å². The third-order valence-electron chi connectivity index (χ3n) is 3.25. The average molecular weight is 377 g/mol. The Balaban J connectivity index is 2.11. The van der Waals surface area contributed by atoms with Gasteiger partial charge in [0.25, 0.3) is 0 Å². The lowest BCUT2D eigenvalue weighted by atomic mass is 10.2. The van der Waals surface area contributed by atoms with E-state index in [1.807, 2.05) is 26.0 Å².